The van der Waals surface area contributed by atoms with E-state index in [1.54, 1.807) is 0 Å². The van der Waals surface area contributed by atoms with Gasteiger partial charge in [0.2, 0.25) is 0 Å². The van der Waals surface area contributed by atoms with Crippen LogP contribution in [-0.4, -0.2) is 11.2 Å². The Morgan fingerprint density at radius 2 is 1.00 bits per heavy atom. The summed E-state index contributed by atoms with van der Waals surface area (Å²) in [6.07, 6.45) is -0.0648. The van der Waals surface area contributed by atoms with Gasteiger partial charge in [0.1, 0.15) is 0 Å². The molecule has 0 radical (unpaired) electrons. The van der Waals surface area contributed by atoms with E-state index in [0.29, 0.717) is 11.8 Å². The average Bonchev–Trinajstić information content (AvgIpc) is 2.35. The first-order chi connectivity index (χ1) is 5.15. The molecule has 0 amide bonds. The molecule has 0 aromatic heterocycles. The molecule has 1 fully saturated rings. The Labute approximate surface area is 76.2 Å². The quantitative estimate of drug-likeness (QED) is 0.592. The van der Waals surface area contributed by atoms with Crippen molar-refractivity contribution in [1.82, 2.24) is 0 Å². The monoisotopic (exact) mass is 170 g/mol. The van der Waals surface area contributed by atoms with Crippen molar-refractivity contribution in [1.29, 1.82) is 0 Å². The molecule has 12 heavy (non-hydrogen) atoms. The maximum Gasteiger partial charge on any atom is 0.0614 e. The van der Waals surface area contributed by atoms with Gasteiger partial charge in [-0.05, 0) is 22.7 Å². The van der Waals surface area contributed by atoms with Gasteiger partial charge in [-0.25, -0.2) is 0 Å². The molecule has 1 saturated carbocycles. The van der Waals surface area contributed by atoms with E-state index in [1.807, 2.05) is 0 Å². The zero-order valence-corrected chi connectivity index (χ0v) is 9.18. The van der Waals surface area contributed by atoms with Crippen molar-refractivity contribution in [2.75, 3.05) is 0 Å². The molecule has 72 valence electrons. The van der Waals surface area contributed by atoms with Crippen molar-refractivity contribution in [3.8, 4) is 0 Å². The third-order valence-corrected chi connectivity index (χ3v) is 2.98. The minimum atomic E-state index is -0.0648. The van der Waals surface area contributed by atoms with E-state index in [2.05, 4.69) is 41.5 Å². The highest BCUT2D eigenvalue weighted by atomic mass is 16.3. The fraction of sp³-hybridized carbons (Fsp3) is 1.00. The second-order valence-corrected chi connectivity index (χ2v) is 6.27. The second kappa shape index (κ2) is 2.47. The van der Waals surface area contributed by atoms with Gasteiger partial charge in [0.25, 0.3) is 0 Å². The molecule has 1 N–H and O–H groups in total. The summed E-state index contributed by atoms with van der Waals surface area (Å²) in [6, 6.07) is 0. The number of hydrogen-bond acceptors (Lipinski definition) is 1. The minimum Gasteiger partial charge on any atom is -0.392 e. The third kappa shape index (κ3) is 1.66. The minimum absolute atomic E-state index is 0.0648. The maximum atomic E-state index is 9.76. The van der Waals surface area contributed by atoms with Crippen molar-refractivity contribution in [2.24, 2.45) is 22.7 Å². The van der Waals surface area contributed by atoms with Crippen LogP contribution >= 0.6 is 0 Å². The first-order valence-electron chi connectivity index (χ1n) is 4.84. The molecule has 0 heterocycles. The molecule has 0 aliphatic heterocycles. The summed E-state index contributed by atoms with van der Waals surface area (Å²) in [6.45, 7) is 13.3. The molecule has 2 atom stereocenters. The molecule has 0 bridgehead atoms. The van der Waals surface area contributed by atoms with E-state index in [9.17, 15) is 5.11 Å². The standard InChI is InChI=1S/C11H22O/c1-10(2,3)7-8(9(7)12)11(4,5)6/h7-9,12H,1-6H3/t7-,8-/m0/s1. The predicted octanol–water partition coefficient (Wildman–Crippen LogP) is 2.69. The van der Waals surface area contributed by atoms with Gasteiger partial charge in [0, 0.05) is 0 Å². The lowest BCUT2D eigenvalue weighted by molar-refractivity contribution is 0.201. The summed E-state index contributed by atoms with van der Waals surface area (Å²) >= 11 is 0. The number of aliphatic hydroxyl groups is 1. The Hall–Kier alpha value is -0.0400. The molecule has 1 aliphatic rings. The smallest absolute Gasteiger partial charge is 0.0614 e. The number of rotatable bonds is 0. The molecule has 1 nitrogen and oxygen atoms in total. The van der Waals surface area contributed by atoms with Crippen molar-refractivity contribution < 1.29 is 5.11 Å². The first-order valence-corrected chi connectivity index (χ1v) is 4.84. The summed E-state index contributed by atoms with van der Waals surface area (Å²) in [5.74, 6) is 0.995. The maximum absolute atomic E-state index is 9.76. The van der Waals surface area contributed by atoms with Gasteiger partial charge in [-0.15, -0.1) is 0 Å². The van der Waals surface area contributed by atoms with Gasteiger partial charge in [-0.3, -0.25) is 0 Å². The Morgan fingerprint density at radius 1 is 0.750 bits per heavy atom. The summed E-state index contributed by atoms with van der Waals surface area (Å²) in [5, 5.41) is 9.76. The van der Waals surface area contributed by atoms with E-state index in [0.717, 1.165) is 0 Å². The van der Waals surface area contributed by atoms with E-state index >= 15 is 0 Å². The van der Waals surface area contributed by atoms with Crippen LogP contribution in [0.4, 0.5) is 0 Å². The SMILES string of the molecule is CC(C)(C)[C@@H]1C(O)[C@H]1C(C)(C)C. The predicted molar refractivity (Wildman–Crippen MR) is 51.9 cm³/mol. The van der Waals surface area contributed by atoms with Crippen LogP contribution in [0.3, 0.4) is 0 Å². The van der Waals surface area contributed by atoms with E-state index in [-0.39, 0.29) is 16.9 Å². The topological polar surface area (TPSA) is 20.2 Å². The largest absolute Gasteiger partial charge is 0.392 e. The molecule has 1 aliphatic carbocycles. The summed E-state index contributed by atoms with van der Waals surface area (Å²) < 4.78 is 0. The zero-order chi connectivity index (χ0) is 9.73. The molecule has 1 rings (SSSR count). The van der Waals surface area contributed by atoms with E-state index in [4.69, 9.17) is 0 Å². The summed E-state index contributed by atoms with van der Waals surface area (Å²) in [5.41, 5.74) is 0.523. The molecule has 1 heteroatoms. The molecule has 0 spiro atoms. The normalized spacial score (nSPS) is 36.8. The van der Waals surface area contributed by atoms with E-state index in [1.165, 1.54) is 0 Å². The highest BCUT2D eigenvalue weighted by molar-refractivity contribution is 5.07. The van der Waals surface area contributed by atoms with Gasteiger partial charge >= 0.3 is 0 Å². The molecule has 0 aromatic carbocycles. The van der Waals surface area contributed by atoms with Crippen LogP contribution in [0.25, 0.3) is 0 Å². The zero-order valence-electron chi connectivity index (χ0n) is 9.18. The lowest BCUT2D eigenvalue weighted by Crippen LogP contribution is -2.16. The lowest BCUT2D eigenvalue weighted by atomic mass is 9.81. The Kier molecular flexibility index (Phi) is 2.07. The Morgan fingerprint density at radius 3 is 1.08 bits per heavy atom. The molecular weight excluding hydrogens is 148 g/mol. The van der Waals surface area contributed by atoms with Gasteiger partial charge in [-0.2, -0.15) is 0 Å². The summed E-state index contributed by atoms with van der Waals surface area (Å²) in [4.78, 5) is 0. The third-order valence-electron chi connectivity index (χ3n) is 2.98. The summed E-state index contributed by atoms with van der Waals surface area (Å²) in [7, 11) is 0. The molecular formula is C11H22O. The van der Waals surface area contributed by atoms with Crippen LogP contribution in [-0.2, 0) is 0 Å². The highest BCUT2D eigenvalue weighted by Crippen LogP contribution is 2.58. The number of hydrogen-bond donors (Lipinski definition) is 1. The Bertz CT molecular complexity index is 150. The first kappa shape index (κ1) is 10.0. The average molecular weight is 170 g/mol. The van der Waals surface area contributed by atoms with Crippen LogP contribution in [0.5, 0.6) is 0 Å². The van der Waals surface area contributed by atoms with E-state index < -0.39 is 0 Å². The van der Waals surface area contributed by atoms with Crippen molar-refractivity contribution in [2.45, 2.75) is 47.6 Å². The van der Waals surface area contributed by atoms with Crippen molar-refractivity contribution in [3.63, 3.8) is 0 Å². The Balaban J connectivity index is 2.67. The van der Waals surface area contributed by atoms with Crippen LogP contribution < -0.4 is 0 Å². The van der Waals surface area contributed by atoms with Gasteiger partial charge in [0.05, 0.1) is 6.10 Å². The molecule has 0 saturated heterocycles. The van der Waals surface area contributed by atoms with Gasteiger partial charge in [-0.1, -0.05) is 41.5 Å². The van der Waals surface area contributed by atoms with Gasteiger partial charge < -0.3 is 5.11 Å². The van der Waals surface area contributed by atoms with Gasteiger partial charge in [0.15, 0.2) is 0 Å². The van der Waals surface area contributed by atoms with Crippen LogP contribution in [0, 0.1) is 22.7 Å². The second-order valence-electron chi connectivity index (χ2n) is 6.27. The van der Waals surface area contributed by atoms with Crippen LogP contribution in [0.1, 0.15) is 41.5 Å². The fourth-order valence-corrected chi connectivity index (χ4v) is 2.40. The van der Waals surface area contributed by atoms with Crippen molar-refractivity contribution >= 4 is 0 Å². The lowest BCUT2D eigenvalue weighted by Gasteiger charge is -2.23. The van der Waals surface area contributed by atoms with Crippen LogP contribution in [0.2, 0.25) is 0 Å². The van der Waals surface area contributed by atoms with Crippen molar-refractivity contribution in [3.05, 3.63) is 0 Å². The highest BCUT2D eigenvalue weighted by Gasteiger charge is 2.59. The van der Waals surface area contributed by atoms with Crippen LogP contribution in [0.15, 0.2) is 0 Å². The molecule has 0 aromatic rings. The molecule has 0 unspecified atom stereocenters. The fourth-order valence-electron chi connectivity index (χ4n) is 2.40. The number of aliphatic hydroxyl groups excluding tert-OH is 1.